The van der Waals surface area contributed by atoms with E-state index in [0.717, 1.165) is 51.4 Å². The van der Waals surface area contributed by atoms with Crippen LogP contribution < -0.4 is 0 Å². The molecule has 0 aromatic carbocycles. The first kappa shape index (κ1) is 40.9. The van der Waals surface area contributed by atoms with Crippen LogP contribution in [-0.4, -0.2) is 128 Å². The zero-order chi connectivity index (χ0) is 39.4. The van der Waals surface area contributed by atoms with Gasteiger partial charge in [0.1, 0.15) is 42.7 Å². The highest BCUT2D eigenvalue weighted by molar-refractivity contribution is 5.76. The molecule has 2 heterocycles. The fraction of sp³-hybridized carbons (Fsp3) is 0.927. The maximum atomic E-state index is 13.0. The second-order valence-corrected chi connectivity index (χ2v) is 20.1. The van der Waals surface area contributed by atoms with E-state index in [1.807, 2.05) is 0 Å². The summed E-state index contributed by atoms with van der Waals surface area (Å²) in [5.74, 6) is -0.200. The predicted octanol–water partition coefficient (Wildman–Crippen LogP) is 2.49. The Balaban J connectivity index is 1.08. The normalized spacial score (nSPS) is 54.3. The van der Waals surface area contributed by atoms with Gasteiger partial charge in [0.25, 0.3) is 0 Å². The number of aliphatic hydroxyl groups excluding tert-OH is 7. The van der Waals surface area contributed by atoms with Crippen LogP contribution in [0.4, 0.5) is 0 Å². The van der Waals surface area contributed by atoms with Gasteiger partial charge in [-0.2, -0.15) is 0 Å². The van der Waals surface area contributed by atoms with Crippen LogP contribution in [0.25, 0.3) is 0 Å². The van der Waals surface area contributed by atoms with Crippen LogP contribution in [0.3, 0.4) is 0 Å². The highest BCUT2D eigenvalue weighted by Crippen LogP contribution is 2.76. The number of allylic oxidation sites excluding steroid dienone is 2. The van der Waals surface area contributed by atoms with Crippen LogP contribution in [0.15, 0.2) is 11.6 Å². The standard InChI is InChI=1S/C41H66O13/c1-36(2)13-15-41(35(49)50)16-14-39(5)21(22(41)17-36)7-8-26-37(3)11-10-27(38(4,20-43)25(37)9-12-40(26,39)6)54-34-31(47)29(45)24(19-51-34)52-32-30(46)28(44)23(18-42)53-33(32)48/h7,22-34,42-48H,8-20H2,1-6H3,(H,49,50). The van der Waals surface area contributed by atoms with Gasteiger partial charge in [0.15, 0.2) is 12.6 Å². The van der Waals surface area contributed by atoms with Gasteiger partial charge in [-0.05, 0) is 104 Å². The largest absolute Gasteiger partial charge is 0.481 e. The summed E-state index contributed by atoms with van der Waals surface area (Å²) < 4.78 is 23.3. The molecule has 0 aromatic rings. The van der Waals surface area contributed by atoms with E-state index >= 15 is 0 Å². The first-order chi connectivity index (χ1) is 25.2. The van der Waals surface area contributed by atoms with E-state index in [1.165, 1.54) is 5.57 Å². The molecule has 2 aliphatic heterocycles. The van der Waals surface area contributed by atoms with Crippen LogP contribution in [-0.2, 0) is 23.7 Å². The second-order valence-electron chi connectivity index (χ2n) is 20.1. The number of aliphatic carboxylic acids is 1. The Labute approximate surface area is 319 Å². The van der Waals surface area contributed by atoms with Gasteiger partial charge in [0.2, 0.25) is 0 Å². The monoisotopic (exact) mass is 766 g/mol. The van der Waals surface area contributed by atoms with Crippen molar-refractivity contribution in [2.24, 2.45) is 50.2 Å². The van der Waals surface area contributed by atoms with Gasteiger partial charge >= 0.3 is 5.97 Å². The maximum absolute atomic E-state index is 13.0. The van der Waals surface area contributed by atoms with Crippen molar-refractivity contribution in [2.75, 3.05) is 19.8 Å². The van der Waals surface area contributed by atoms with Crippen LogP contribution in [0.2, 0.25) is 0 Å². The van der Waals surface area contributed by atoms with E-state index in [-0.39, 0.29) is 46.7 Å². The Hall–Kier alpha value is -1.23. The number of carboxylic acid groups (broad SMARTS) is 1. The Morgan fingerprint density at radius 1 is 0.833 bits per heavy atom. The number of carboxylic acids is 1. The molecular formula is C41H66O13. The number of rotatable bonds is 7. The molecule has 2 saturated heterocycles. The highest BCUT2D eigenvalue weighted by Gasteiger charge is 2.70. The Kier molecular flexibility index (Phi) is 10.6. The van der Waals surface area contributed by atoms with E-state index in [9.17, 15) is 45.6 Å². The van der Waals surface area contributed by atoms with Crippen molar-refractivity contribution in [3.63, 3.8) is 0 Å². The number of ether oxygens (including phenoxy) is 4. The summed E-state index contributed by atoms with van der Waals surface area (Å²) in [6.45, 7) is 12.9. The molecule has 0 spiro atoms. The van der Waals surface area contributed by atoms with E-state index < -0.39 is 84.8 Å². The molecule has 4 saturated carbocycles. The minimum absolute atomic E-state index is 0.0336. The van der Waals surface area contributed by atoms with Crippen molar-refractivity contribution in [3.8, 4) is 0 Å². The molecule has 13 nitrogen and oxygen atoms in total. The first-order valence-corrected chi connectivity index (χ1v) is 20.4. The van der Waals surface area contributed by atoms with Gasteiger partial charge in [-0.3, -0.25) is 4.79 Å². The summed E-state index contributed by atoms with van der Waals surface area (Å²) in [5, 5.41) is 84.8. The zero-order valence-electron chi connectivity index (χ0n) is 32.9. The van der Waals surface area contributed by atoms with Crippen LogP contribution >= 0.6 is 0 Å². The lowest BCUT2D eigenvalue weighted by Gasteiger charge is -2.71. The predicted molar refractivity (Wildman–Crippen MR) is 193 cm³/mol. The summed E-state index contributed by atoms with van der Waals surface area (Å²) in [7, 11) is 0. The van der Waals surface area contributed by atoms with Crippen molar-refractivity contribution in [1.29, 1.82) is 0 Å². The topological polar surface area (TPSA) is 216 Å². The van der Waals surface area contributed by atoms with Crippen molar-refractivity contribution >= 4 is 5.97 Å². The molecule has 0 radical (unpaired) electrons. The van der Waals surface area contributed by atoms with Crippen LogP contribution in [0, 0.1) is 50.2 Å². The SMILES string of the molecule is CC1(C)CCC2(C(=O)O)CCC3(C)C(=CCC4C5(C)CCC(OC6OCC(OC7C(O)OC(CO)C(O)C7O)C(O)C6O)C(C)(CO)C5CCC43C)C2C1. The molecule has 0 amide bonds. The summed E-state index contributed by atoms with van der Waals surface area (Å²) in [4.78, 5) is 13.0. The number of hydrogen-bond donors (Lipinski definition) is 8. The first-order valence-electron chi connectivity index (χ1n) is 20.4. The van der Waals surface area contributed by atoms with Gasteiger partial charge in [0.05, 0.1) is 31.3 Å². The molecule has 18 atom stereocenters. The molecule has 18 unspecified atom stereocenters. The minimum Gasteiger partial charge on any atom is -0.481 e. The summed E-state index contributed by atoms with van der Waals surface area (Å²) in [6.07, 6.45) is -2.90. The Morgan fingerprint density at radius 3 is 2.20 bits per heavy atom. The number of aliphatic hydroxyl groups is 7. The zero-order valence-corrected chi connectivity index (χ0v) is 32.9. The molecule has 5 aliphatic carbocycles. The summed E-state index contributed by atoms with van der Waals surface area (Å²) >= 11 is 0. The van der Waals surface area contributed by atoms with Gasteiger partial charge in [-0.25, -0.2) is 0 Å². The van der Waals surface area contributed by atoms with Crippen molar-refractivity contribution in [1.82, 2.24) is 0 Å². The van der Waals surface area contributed by atoms with Crippen LogP contribution in [0.5, 0.6) is 0 Å². The number of fused-ring (bicyclic) bond motifs is 7. The number of carbonyl (C=O) groups is 1. The molecule has 7 rings (SSSR count). The average molecular weight is 767 g/mol. The second kappa shape index (κ2) is 14.0. The lowest BCUT2D eigenvalue weighted by atomic mass is 9.33. The summed E-state index contributed by atoms with van der Waals surface area (Å²) in [6, 6.07) is 0. The third-order valence-electron chi connectivity index (χ3n) is 17.1. The average Bonchev–Trinajstić information content (AvgIpc) is 3.12. The quantitative estimate of drug-likeness (QED) is 0.138. The van der Waals surface area contributed by atoms with Crippen molar-refractivity contribution in [3.05, 3.63) is 11.6 Å². The molecule has 13 heteroatoms. The number of hydrogen-bond acceptors (Lipinski definition) is 12. The van der Waals surface area contributed by atoms with E-state index in [1.54, 1.807) is 0 Å². The van der Waals surface area contributed by atoms with E-state index in [2.05, 4.69) is 47.6 Å². The van der Waals surface area contributed by atoms with E-state index in [0.29, 0.717) is 18.8 Å². The Bertz CT molecular complexity index is 1460. The molecule has 54 heavy (non-hydrogen) atoms. The highest BCUT2D eigenvalue weighted by atomic mass is 16.7. The van der Waals surface area contributed by atoms with Crippen LogP contribution in [0.1, 0.15) is 106 Å². The summed E-state index contributed by atoms with van der Waals surface area (Å²) in [5.41, 5.74) is -0.244. The molecule has 0 bridgehead atoms. The third kappa shape index (κ3) is 5.92. The van der Waals surface area contributed by atoms with Gasteiger partial charge in [-0.15, -0.1) is 0 Å². The molecule has 0 aromatic heterocycles. The van der Waals surface area contributed by atoms with Gasteiger partial charge in [0, 0.05) is 5.41 Å². The van der Waals surface area contributed by atoms with Crippen molar-refractivity contribution < 1.29 is 64.6 Å². The Morgan fingerprint density at radius 2 is 1.54 bits per heavy atom. The van der Waals surface area contributed by atoms with Gasteiger partial charge < -0.3 is 59.8 Å². The third-order valence-corrected chi connectivity index (χ3v) is 17.1. The molecule has 6 fully saturated rings. The smallest absolute Gasteiger partial charge is 0.310 e. The molecular weight excluding hydrogens is 700 g/mol. The molecule has 8 N–H and O–H groups in total. The lowest BCUT2D eigenvalue weighted by molar-refractivity contribution is -0.343. The van der Waals surface area contributed by atoms with Gasteiger partial charge in [-0.1, -0.05) is 53.2 Å². The maximum Gasteiger partial charge on any atom is 0.310 e. The molecule has 7 aliphatic rings. The van der Waals surface area contributed by atoms with Crippen molar-refractivity contribution in [2.45, 2.75) is 167 Å². The minimum atomic E-state index is -1.71. The fourth-order valence-corrected chi connectivity index (χ4v) is 13.4. The fourth-order valence-electron chi connectivity index (χ4n) is 13.4. The van der Waals surface area contributed by atoms with E-state index in [4.69, 9.17) is 18.9 Å². The molecule has 308 valence electrons. The lowest BCUT2D eigenvalue weighted by Crippen LogP contribution is -2.67.